The van der Waals surface area contributed by atoms with E-state index in [1.54, 1.807) is 42.2 Å². The molecular formula is C26H30F3N9O. The summed E-state index contributed by atoms with van der Waals surface area (Å²) in [7, 11) is 5.63. The Balaban J connectivity index is 1.40. The number of carbonyl (C=O) groups excluding carboxylic acids is 1. The third-order valence-corrected chi connectivity index (χ3v) is 5.92. The number of alkyl halides is 3. The van der Waals surface area contributed by atoms with Gasteiger partial charge in [0.25, 0.3) is 0 Å². The van der Waals surface area contributed by atoms with Crippen molar-refractivity contribution in [3.8, 4) is 5.69 Å². The summed E-state index contributed by atoms with van der Waals surface area (Å²) < 4.78 is 42.9. The summed E-state index contributed by atoms with van der Waals surface area (Å²) >= 11 is 0. The first kappa shape index (κ1) is 27.8. The molecule has 0 radical (unpaired) electrons. The van der Waals surface area contributed by atoms with Crippen LogP contribution < -0.4 is 21.3 Å². The zero-order chi connectivity index (χ0) is 28.0. The number of hydrogen-bond acceptors (Lipinski definition) is 7. The zero-order valence-corrected chi connectivity index (χ0v) is 21.8. The highest BCUT2D eigenvalue weighted by atomic mass is 19.4. The van der Waals surface area contributed by atoms with E-state index in [2.05, 4.69) is 36.2 Å². The van der Waals surface area contributed by atoms with Crippen LogP contribution in [0.5, 0.6) is 0 Å². The molecule has 0 spiro atoms. The lowest BCUT2D eigenvalue weighted by atomic mass is 10.1. The Kier molecular flexibility index (Phi) is 8.62. The quantitative estimate of drug-likeness (QED) is 0.218. The molecule has 0 saturated carbocycles. The van der Waals surface area contributed by atoms with Crippen LogP contribution in [0.25, 0.3) is 16.9 Å². The lowest BCUT2D eigenvalue weighted by Gasteiger charge is -2.16. The smallest absolute Gasteiger partial charge is 0.371 e. The molecule has 4 rings (SSSR count). The number of carbonyl (C=O) groups is 1. The number of fused-ring (bicyclic) bond motifs is 1. The molecule has 39 heavy (non-hydrogen) atoms. The molecule has 2 heterocycles. The summed E-state index contributed by atoms with van der Waals surface area (Å²) in [6.45, 7) is 1.51. The molecule has 0 unspecified atom stereocenters. The van der Waals surface area contributed by atoms with Crippen LogP contribution in [0.4, 0.5) is 35.2 Å². The highest BCUT2D eigenvalue weighted by molar-refractivity contribution is 5.99. The SMILES string of the molecule is CNc1ncnc2c1ncn2-c1ccc(NC(=O)Nc2ccc(CNCCCN(C)C)c(C(F)(F)F)c2)cc1. The molecule has 0 atom stereocenters. The molecule has 0 fully saturated rings. The van der Waals surface area contributed by atoms with E-state index in [0.29, 0.717) is 29.2 Å². The Labute approximate surface area is 223 Å². The van der Waals surface area contributed by atoms with Crippen LogP contribution in [0.1, 0.15) is 17.5 Å². The molecule has 2 amide bonds. The maximum atomic E-state index is 13.7. The predicted octanol–water partition coefficient (Wildman–Crippen LogP) is 4.56. The highest BCUT2D eigenvalue weighted by Crippen LogP contribution is 2.34. The van der Waals surface area contributed by atoms with Crippen molar-refractivity contribution >= 4 is 34.4 Å². The van der Waals surface area contributed by atoms with Gasteiger partial charge in [-0.3, -0.25) is 4.57 Å². The molecule has 0 aliphatic rings. The Morgan fingerprint density at radius 1 is 1.00 bits per heavy atom. The normalized spacial score (nSPS) is 11.7. The van der Waals surface area contributed by atoms with E-state index in [1.165, 1.54) is 18.5 Å². The third kappa shape index (κ3) is 7.00. The molecule has 0 saturated heterocycles. The maximum Gasteiger partial charge on any atom is 0.416 e. The first-order chi connectivity index (χ1) is 18.7. The second kappa shape index (κ2) is 12.1. The van der Waals surface area contributed by atoms with Gasteiger partial charge in [0.2, 0.25) is 0 Å². The number of aromatic nitrogens is 4. The summed E-state index contributed by atoms with van der Waals surface area (Å²) in [4.78, 5) is 27.3. The first-order valence-corrected chi connectivity index (χ1v) is 12.3. The molecule has 0 aliphatic heterocycles. The lowest BCUT2D eigenvalue weighted by molar-refractivity contribution is -0.138. The van der Waals surface area contributed by atoms with Gasteiger partial charge >= 0.3 is 12.2 Å². The number of anilines is 3. The van der Waals surface area contributed by atoms with Gasteiger partial charge in [0.15, 0.2) is 17.0 Å². The van der Waals surface area contributed by atoms with Gasteiger partial charge in [-0.15, -0.1) is 0 Å². The van der Waals surface area contributed by atoms with Crippen molar-refractivity contribution in [3.63, 3.8) is 0 Å². The van der Waals surface area contributed by atoms with Gasteiger partial charge in [0.1, 0.15) is 12.7 Å². The number of halogens is 3. The van der Waals surface area contributed by atoms with E-state index in [4.69, 9.17) is 0 Å². The zero-order valence-electron chi connectivity index (χ0n) is 21.8. The van der Waals surface area contributed by atoms with E-state index < -0.39 is 17.8 Å². The molecule has 2 aromatic carbocycles. The van der Waals surface area contributed by atoms with Crippen molar-refractivity contribution in [1.29, 1.82) is 0 Å². The van der Waals surface area contributed by atoms with Crippen LogP contribution in [0.3, 0.4) is 0 Å². The van der Waals surface area contributed by atoms with Crippen LogP contribution in [0.15, 0.2) is 55.1 Å². The van der Waals surface area contributed by atoms with Crippen LogP contribution in [-0.4, -0.2) is 64.7 Å². The van der Waals surface area contributed by atoms with Gasteiger partial charge in [0.05, 0.1) is 5.56 Å². The Morgan fingerprint density at radius 3 is 2.41 bits per heavy atom. The minimum atomic E-state index is -4.55. The Hall–Kier alpha value is -4.23. The summed E-state index contributed by atoms with van der Waals surface area (Å²) in [6, 6.07) is 10.0. The largest absolute Gasteiger partial charge is 0.416 e. The summed E-state index contributed by atoms with van der Waals surface area (Å²) in [5.41, 5.74) is 1.81. The van der Waals surface area contributed by atoms with E-state index in [-0.39, 0.29) is 17.8 Å². The molecule has 2 aromatic heterocycles. The fourth-order valence-electron chi connectivity index (χ4n) is 4.02. The van der Waals surface area contributed by atoms with Crippen LogP contribution in [-0.2, 0) is 12.7 Å². The summed E-state index contributed by atoms with van der Waals surface area (Å²) in [6.07, 6.45) is -0.677. The summed E-state index contributed by atoms with van der Waals surface area (Å²) in [5, 5.41) is 11.1. The number of amides is 2. The molecule has 0 aliphatic carbocycles. The minimum Gasteiger partial charge on any atom is -0.371 e. The van der Waals surface area contributed by atoms with Crippen molar-refractivity contribution < 1.29 is 18.0 Å². The third-order valence-electron chi connectivity index (χ3n) is 5.92. The van der Waals surface area contributed by atoms with E-state index in [0.717, 1.165) is 24.7 Å². The van der Waals surface area contributed by atoms with Gasteiger partial charge in [-0.25, -0.2) is 19.7 Å². The van der Waals surface area contributed by atoms with E-state index in [1.807, 2.05) is 19.0 Å². The molecule has 13 heteroatoms. The number of hydrogen-bond donors (Lipinski definition) is 4. The number of nitrogens with zero attached hydrogens (tertiary/aromatic N) is 5. The average Bonchev–Trinajstić information content (AvgIpc) is 3.33. The maximum absolute atomic E-state index is 13.7. The number of nitrogens with one attached hydrogen (secondary N) is 4. The van der Waals surface area contributed by atoms with Crippen molar-refractivity contribution in [2.75, 3.05) is 50.2 Å². The average molecular weight is 542 g/mol. The second-order valence-corrected chi connectivity index (χ2v) is 9.09. The summed E-state index contributed by atoms with van der Waals surface area (Å²) in [5.74, 6) is 0.603. The van der Waals surface area contributed by atoms with Crippen molar-refractivity contribution in [1.82, 2.24) is 29.7 Å². The molecular weight excluding hydrogens is 511 g/mol. The van der Waals surface area contributed by atoms with Crippen molar-refractivity contribution in [3.05, 3.63) is 66.2 Å². The fraction of sp³-hybridized carbons (Fsp3) is 0.308. The monoisotopic (exact) mass is 541 g/mol. The molecule has 4 N–H and O–H groups in total. The minimum absolute atomic E-state index is 0.0395. The fourth-order valence-corrected chi connectivity index (χ4v) is 4.02. The topological polar surface area (TPSA) is 112 Å². The van der Waals surface area contributed by atoms with Crippen LogP contribution >= 0.6 is 0 Å². The number of urea groups is 1. The highest BCUT2D eigenvalue weighted by Gasteiger charge is 2.33. The van der Waals surface area contributed by atoms with Gasteiger partial charge in [-0.2, -0.15) is 13.2 Å². The molecule has 10 nitrogen and oxygen atoms in total. The standard InChI is InChI=1S/C26H30F3N9O/c1-30-23-22-24(33-15-32-23)38(16-34-22)20-9-7-18(8-10-20)35-25(39)36-19-6-5-17(21(13-19)26(27,28)29)14-31-11-4-12-37(2)3/h5-10,13,15-16,31H,4,11-12,14H2,1-3H3,(H,30,32,33)(H2,35,36,39). The Bertz CT molecular complexity index is 1420. The van der Waals surface area contributed by atoms with Crippen LogP contribution in [0, 0.1) is 0 Å². The molecule has 4 aromatic rings. The first-order valence-electron chi connectivity index (χ1n) is 12.3. The Morgan fingerprint density at radius 2 is 1.72 bits per heavy atom. The lowest BCUT2D eigenvalue weighted by Crippen LogP contribution is -2.23. The molecule has 0 bridgehead atoms. The van der Waals surface area contributed by atoms with Gasteiger partial charge in [0, 0.05) is 30.7 Å². The molecule has 206 valence electrons. The van der Waals surface area contributed by atoms with Crippen molar-refractivity contribution in [2.45, 2.75) is 19.1 Å². The number of imidazole rings is 1. The van der Waals surface area contributed by atoms with E-state index in [9.17, 15) is 18.0 Å². The number of benzene rings is 2. The second-order valence-electron chi connectivity index (χ2n) is 9.09. The van der Waals surface area contributed by atoms with Gasteiger partial charge in [-0.1, -0.05) is 6.07 Å². The predicted molar refractivity (Wildman–Crippen MR) is 145 cm³/mol. The van der Waals surface area contributed by atoms with Crippen LogP contribution in [0.2, 0.25) is 0 Å². The van der Waals surface area contributed by atoms with Gasteiger partial charge in [-0.05, 0) is 75.6 Å². The van der Waals surface area contributed by atoms with E-state index >= 15 is 0 Å². The number of rotatable bonds is 10. The van der Waals surface area contributed by atoms with Crippen molar-refractivity contribution in [2.24, 2.45) is 0 Å². The van der Waals surface area contributed by atoms with Gasteiger partial charge < -0.3 is 26.2 Å².